The second-order valence-corrected chi connectivity index (χ2v) is 7.86. The number of hydrogen-bond donors (Lipinski definition) is 0. The highest BCUT2D eigenvalue weighted by Gasteiger charge is 2.35. The summed E-state index contributed by atoms with van der Waals surface area (Å²) in [7, 11) is 0. The lowest BCUT2D eigenvalue weighted by Gasteiger charge is -2.13. The van der Waals surface area contributed by atoms with Gasteiger partial charge in [0.1, 0.15) is 0 Å². The number of thioether (sulfide) groups is 2. The highest BCUT2D eigenvalue weighted by atomic mass is 79.9. The molecule has 0 saturated carbocycles. The SMILES string of the molecule is CSc1ccc(/C=C2\SC(=O)N(Cc3ccccc3Br)C2=O)cc1. The first-order chi connectivity index (χ1) is 11.6. The predicted octanol–water partition coefficient (Wildman–Crippen LogP) is 5.41. The monoisotopic (exact) mass is 419 g/mol. The van der Waals surface area contributed by atoms with Crippen LogP contribution in [0.15, 0.2) is 62.8 Å². The molecule has 3 nitrogen and oxygen atoms in total. The summed E-state index contributed by atoms with van der Waals surface area (Å²) in [6, 6.07) is 15.5. The van der Waals surface area contributed by atoms with Crippen molar-refractivity contribution in [3.8, 4) is 0 Å². The third kappa shape index (κ3) is 3.77. The molecule has 122 valence electrons. The normalized spacial score (nSPS) is 16.2. The van der Waals surface area contributed by atoms with E-state index in [-0.39, 0.29) is 17.7 Å². The highest BCUT2D eigenvalue weighted by molar-refractivity contribution is 9.10. The zero-order valence-electron chi connectivity index (χ0n) is 12.9. The second-order valence-electron chi connectivity index (χ2n) is 5.13. The smallest absolute Gasteiger partial charge is 0.268 e. The summed E-state index contributed by atoms with van der Waals surface area (Å²) in [6.45, 7) is 0.273. The Morgan fingerprint density at radius 1 is 1.12 bits per heavy atom. The Bertz CT molecular complexity index is 818. The van der Waals surface area contributed by atoms with Crippen molar-refractivity contribution in [2.75, 3.05) is 6.26 Å². The van der Waals surface area contributed by atoms with E-state index in [2.05, 4.69) is 15.9 Å². The quantitative estimate of drug-likeness (QED) is 0.490. The summed E-state index contributed by atoms with van der Waals surface area (Å²) in [6.07, 6.45) is 3.79. The van der Waals surface area contributed by atoms with Gasteiger partial charge in [-0.15, -0.1) is 11.8 Å². The van der Waals surface area contributed by atoms with Crippen LogP contribution >= 0.6 is 39.5 Å². The molecule has 3 rings (SSSR count). The minimum atomic E-state index is -0.241. The van der Waals surface area contributed by atoms with Gasteiger partial charge in [0.25, 0.3) is 11.1 Å². The topological polar surface area (TPSA) is 37.4 Å². The van der Waals surface area contributed by atoms with Gasteiger partial charge in [0, 0.05) is 9.37 Å². The Kier molecular flexibility index (Phi) is 5.48. The molecule has 2 aromatic carbocycles. The molecule has 1 aliphatic rings. The van der Waals surface area contributed by atoms with Crippen LogP contribution < -0.4 is 0 Å². The van der Waals surface area contributed by atoms with Gasteiger partial charge >= 0.3 is 0 Å². The maximum atomic E-state index is 12.6. The molecule has 0 aliphatic carbocycles. The van der Waals surface area contributed by atoms with Gasteiger partial charge < -0.3 is 0 Å². The molecular weight excluding hydrogens is 406 g/mol. The molecule has 6 heteroatoms. The van der Waals surface area contributed by atoms with E-state index in [0.29, 0.717) is 4.91 Å². The molecular formula is C18H14BrNO2S2. The molecule has 24 heavy (non-hydrogen) atoms. The third-order valence-electron chi connectivity index (χ3n) is 3.57. The summed E-state index contributed by atoms with van der Waals surface area (Å²) < 4.78 is 0.890. The van der Waals surface area contributed by atoms with Gasteiger partial charge in [-0.3, -0.25) is 14.5 Å². The van der Waals surface area contributed by atoms with E-state index in [1.54, 1.807) is 17.8 Å². The average molecular weight is 420 g/mol. The van der Waals surface area contributed by atoms with Gasteiger partial charge in [-0.1, -0.05) is 46.3 Å². The van der Waals surface area contributed by atoms with Crippen LogP contribution in [0.25, 0.3) is 6.08 Å². The van der Waals surface area contributed by atoms with Crippen LogP contribution in [0.4, 0.5) is 4.79 Å². The molecule has 1 saturated heterocycles. The number of amides is 2. The first kappa shape index (κ1) is 17.3. The number of imide groups is 1. The Morgan fingerprint density at radius 2 is 1.83 bits per heavy atom. The third-order valence-corrected chi connectivity index (χ3v) is 6.00. The van der Waals surface area contributed by atoms with Crippen LogP contribution in [-0.4, -0.2) is 22.3 Å². The van der Waals surface area contributed by atoms with Crippen LogP contribution in [0, 0.1) is 0 Å². The summed E-state index contributed by atoms with van der Waals surface area (Å²) in [4.78, 5) is 27.7. The van der Waals surface area contributed by atoms with Gasteiger partial charge in [-0.2, -0.15) is 0 Å². The number of hydrogen-bond acceptors (Lipinski definition) is 4. The molecule has 1 aliphatic heterocycles. The standard InChI is InChI=1S/C18H14BrNO2S2/c1-23-14-8-6-12(7-9-14)10-16-17(21)20(18(22)24-16)11-13-4-2-3-5-15(13)19/h2-10H,11H2,1H3/b16-10-. The number of carbonyl (C=O) groups is 2. The van der Waals surface area contributed by atoms with Crippen LogP contribution in [0.5, 0.6) is 0 Å². The zero-order valence-corrected chi connectivity index (χ0v) is 16.1. The summed E-state index contributed by atoms with van der Waals surface area (Å²) in [5.74, 6) is -0.241. The number of halogens is 1. The molecule has 0 radical (unpaired) electrons. The van der Waals surface area contributed by atoms with Gasteiger partial charge in [0.05, 0.1) is 11.4 Å². The van der Waals surface area contributed by atoms with E-state index in [1.807, 2.05) is 54.8 Å². The predicted molar refractivity (Wildman–Crippen MR) is 104 cm³/mol. The van der Waals surface area contributed by atoms with Crippen molar-refractivity contribution in [3.05, 3.63) is 69.0 Å². The Balaban J connectivity index is 1.80. The van der Waals surface area contributed by atoms with Crippen LogP contribution in [0.2, 0.25) is 0 Å². The fraction of sp³-hybridized carbons (Fsp3) is 0.111. The van der Waals surface area contributed by atoms with Crippen LogP contribution in [0.1, 0.15) is 11.1 Å². The van der Waals surface area contributed by atoms with Crippen molar-refractivity contribution in [3.63, 3.8) is 0 Å². The first-order valence-corrected chi connectivity index (χ1v) is 10.0. The molecule has 2 aromatic rings. The zero-order chi connectivity index (χ0) is 17.1. The lowest BCUT2D eigenvalue weighted by atomic mass is 10.2. The number of carbonyl (C=O) groups excluding carboxylic acids is 2. The molecule has 0 bridgehead atoms. The van der Waals surface area contributed by atoms with E-state index in [1.165, 1.54) is 4.90 Å². The maximum absolute atomic E-state index is 12.6. The number of benzene rings is 2. The van der Waals surface area contributed by atoms with Crippen molar-refractivity contribution < 1.29 is 9.59 Å². The average Bonchev–Trinajstić information content (AvgIpc) is 2.85. The van der Waals surface area contributed by atoms with E-state index in [9.17, 15) is 9.59 Å². The fourth-order valence-corrected chi connectivity index (χ4v) is 3.94. The van der Waals surface area contributed by atoms with Crippen LogP contribution in [0.3, 0.4) is 0 Å². The minimum absolute atomic E-state index is 0.234. The van der Waals surface area contributed by atoms with E-state index in [4.69, 9.17) is 0 Å². The van der Waals surface area contributed by atoms with Gasteiger partial charge in [0.15, 0.2) is 0 Å². The van der Waals surface area contributed by atoms with Crippen molar-refractivity contribution in [2.24, 2.45) is 0 Å². The lowest BCUT2D eigenvalue weighted by molar-refractivity contribution is -0.123. The van der Waals surface area contributed by atoms with Crippen molar-refractivity contribution in [1.29, 1.82) is 0 Å². The molecule has 0 atom stereocenters. The second kappa shape index (κ2) is 7.59. The Morgan fingerprint density at radius 3 is 2.50 bits per heavy atom. The van der Waals surface area contributed by atoms with E-state index < -0.39 is 0 Å². The van der Waals surface area contributed by atoms with Crippen molar-refractivity contribution in [1.82, 2.24) is 4.90 Å². The van der Waals surface area contributed by atoms with Gasteiger partial charge in [0.2, 0.25) is 0 Å². The molecule has 1 fully saturated rings. The highest BCUT2D eigenvalue weighted by Crippen LogP contribution is 2.34. The number of rotatable bonds is 4. The minimum Gasteiger partial charge on any atom is -0.268 e. The van der Waals surface area contributed by atoms with Gasteiger partial charge in [-0.05, 0) is 53.4 Å². The van der Waals surface area contributed by atoms with Crippen molar-refractivity contribution >= 4 is 56.7 Å². The van der Waals surface area contributed by atoms with E-state index in [0.717, 1.165) is 32.3 Å². The van der Waals surface area contributed by atoms with Crippen molar-refractivity contribution in [2.45, 2.75) is 11.4 Å². The van der Waals surface area contributed by atoms with Crippen LogP contribution in [-0.2, 0) is 11.3 Å². The number of nitrogens with zero attached hydrogens (tertiary/aromatic N) is 1. The molecule has 1 heterocycles. The van der Waals surface area contributed by atoms with E-state index >= 15 is 0 Å². The molecule has 2 amide bonds. The largest absolute Gasteiger partial charge is 0.293 e. The Labute approximate surface area is 157 Å². The molecule has 0 spiro atoms. The molecule has 0 aromatic heterocycles. The summed E-state index contributed by atoms with van der Waals surface area (Å²) in [5.41, 5.74) is 1.82. The summed E-state index contributed by atoms with van der Waals surface area (Å²) >= 11 is 6.11. The summed E-state index contributed by atoms with van der Waals surface area (Å²) in [5, 5.41) is -0.234. The maximum Gasteiger partial charge on any atom is 0.293 e. The molecule has 0 unspecified atom stereocenters. The lowest BCUT2D eigenvalue weighted by Crippen LogP contribution is -2.27. The first-order valence-electron chi connectivity index (χ1n) is 7.21. The molecule has 0 N–H and O–H groups in total. The fourth-order valence-electron chi connectivity index (χ4n) is 2.28. The van der Waals surface area contributed by atoms with Gasteiger partial charge in [-0.25, -0.2) is 0 Å². The Hall–Kier alpha value is -1.50.